The lowest BCUT2D eigenvalue weighted by Gasteiger charge is -2.08. The number of carbonyl (C=O) groups excluding carboxylic acids is 3. The van der Waals surface area contributed by atoms with Crippen LogP contribution in [0, 0.1) is 6.92 Å². The Labute approximate surface area is 187 Å². The van der Waals surface area contributed by atoms with E-state index >= 15 is 0 Å². The van der Waals surface area contributed by atoms with Gasteiger partial charge >= 0.3 is 5.97 Å². The van der Waals surface area contributed by atoms with Crippen molar-refractivity contribution in [3.8, 4) is 5.69 Å². The average Bonchev–Trinajstić information content (AvgIpc) is 3.37. The molecule has 0 atom stereocenters. The summed E-state index contributed by atoms with van der Waals surface area (Å²) < 4.78 is 6.88. The fraction of sp³-hybridized carbons (Fsp3) is 0.250. The zero-order valence-electron chi connectivity index (χ0n) is 17.2. The van der Waals surface area contributed by atoms with Crippen LogP contribution < -0.4 is 10.6 Å². The molecule has 0 aliphatic rings. The van der Waals surface area contributed by atoms with Crippen molar-refractivity contribution >= 4 is 45.9 Å². The molecule has 1 aromatic carbocycles. The van der Waals surface area contributed by atoms with Crippen LogP contribution >= 0.6 is 23.1 Å². The van der Waals surface area contributed by atoms with Crippen LogP contribution in [0.2, 0.25) is 0 Å². The molecular weight excluding hydrogens is 438 g/mol. The first-order valence-electron chi connectivity index (χ1n) is 9.36. The Kier molecular flexibility index (Phi) is 7.42. The maximum atomic E-state index is 12.6. The summed E-state index contributed by atoms with van der Waals surface area (Å²) in [5.41, 5.74) is 1.54. The molecule has 0 saturated carbocycles. The standard InChI is InChI=1S/C20H21N5O4S2/c1-4-29-19(28)15-12(2)16(17(27)21-3)31-18(15)23-14(26)10-30-20-24-22-11-25(20)13-8-6-5-7-9-13/h5-9,11H,4,10H2,1-3H3,(H,21,27)(H,23,26). The summed E-state index contributed by atoms with van der Waals surface area (Å²) in [5, 5.41) is 14.1. The minimum Gasteiger partial charge on any atom is -0.462 e. The third kappa shape index (κ3) is 5.12. The summed E-state index contributed by atoms with van der Waals surface area (Å²) in [4.78, 5) is 37.5. The van der Waals surface area contributed by atoms with Crippen molar-refractivity contribution in [2.24, 2.45) is 0 Å². The Balaban J connectivity index is 1.76. The Bertz CT molecular complexity index is 1090. The van der Waals surface area contributed by atoms with Gasteiger partial charge in [-0.25, -0.2) is 4.79 Å². The van der Waals surface area contributed by atoms with E-state index < -0.39 is 5.97 Å². The van der Waals surface area contributed by atoms with Crippen LogP contribution in [0.25, 0.3) is 5.69 Å². The van der Waals surface area contributed by atoms with Crippen molar-refractivity contribution in [3.05, 3.63) is 52.7 Å². The molecule has 2 amide bonds. The van der Waals surface area contributed by atoms with E-state index in [-0.39, 0.29) is 34.7 Å². The highest BCUT2D eigenvalue weighted by Gasteiger charge is 2.26. The van der Waals surface area contributed by atoms with Crippen molar-refractivity contribution in [1.82, 2.24) is 20.1 Å². The number of aromatic nitrogens is 3. The third-order valence-corrected chi connectivity index (χ3v) is 6.34. The highest BCUT2D eigenvalue weighted by atomic mass is 32.2. The van der Waals surface area contributed by atoms with Gasteiger partial charge in [0, 0.05) is 12.7 Å². The Morgan fingerprint density at radius 1 is 1.23 bits per heavy atom. The molecule has 0 fully saturated rings. The molecule has 9 nitrogen and oxygen atoms in total. The Morgan fingerprint density at radius 2 is 1.97 bits per heavy atom. The molecule has 2 aromatic heterocycles. The predicted octanol–water partition coefficient (Wildman–Crippen LogP) is 2.90. The molecule has 0 saturated heterocycles. The number of esters is 1. The number of amides is 2. The zero-order valence-corrected chi connectivity index (χ0v) is 18.8. The fourth-order valence-corrected chi connectivity index (χ4v) is 4.65. The SMILES string of the molecule is CCOC(=O)c1c(NC(=O)CSc2nncn2-c2ccccc2)sc(C(=O)NC)c1C. The summed E-state index contributed by atoms with van der Waals surface area (Å²) in [5.74, 6) is -1.22. The molecule has 162 valence electrons. The van der Waals surface area contributed by atoms with E-state index in [0.717, 1.165) is 17.0 Å². The van der Waals surface area contributed by atoms with Gasteiger partial charge in [-0.1, -0.05) is 30.0 Å². The van der Waals surface area contributed by atoms with Crippen molar-refractivity contribution in [3.63, 3.8) is 0 Å². The van der Waals surface area contributed by atoms with Crippen LogP contribution in [0.3, 0.4) is 0 Å². The molecule has 2 N–H and O–H groups in total. The van der Waals surface area contributed by atoms with Crippen molar-refractivity contribution in [2.75, 3.05) is 24.7 Å². The van der Waals surface area contributed by atoms with Gasteiger partial charge in [0.15, 0.2) is 5.16 Å². The molecule has 3 rings (SSSR count). The van der Waals surface area contributed by atoms with Crippen LogP contribution in [-0.2, 0) is 9.53 Å². The molecule has 11 heteroatoms. The number of carbonyl (C=O) groups is 3. The molecular formula is C20H21N5O4S2. The van der Waals surface area contributed by atoms with Crippen molar-refractivity contribution in [2.45, 2.75) is 19.0 Å². The summed E-state index contributed by atoms with van der Waals surface area (Å²) in [6, 6.07) is 9.53. The number of thiophene rings is 1. The minimum absolute atomic E-state index is 0.0417. The maximum Gasteiger partial charge on any atom is 0.341 e. The first kappa shape index (κ1) is 22.5. The maximum absolute atomic E-state index is 12.6. The van der Waals surface area contributed by atoms with Crippen molar-refractivity contribution in [1.29, 1.82) is 0 Å². The number of anilines is 1. The first-order chi connectivity index (χ1) is 15.0. The summed E-state index contributed by atoms with van der Waals surface area (Å²) in [6.45, 7) is 3.53. The Morgan fingerprint density at radius 3 is 2.65 bits per heavy atom. The quantitative estimate of drug-likeness (QED) is 0.393. The Hall–Kier alpha value is -3.18. The van der Waals surface area contributed by atoms with Gasteiger partial charge in [0.05, 0.1) is 22.8 Å². The molecule has 0 aliphatic heterocycles. The second-order valence-electron chi connectivity index (χ2n) is 6.22. The van der Waals surface area contributed by atoms with E-state index in [4.69, 9.17) is 4.74 Å². The molecule has 0 unspecified atom stereocenters. The van der Waals surface area contributed by atoms with Gasteiger partial charge in [0.2, 0.25) is 5.91 Å². The number of benzene rings is 1. The van der Waals surface area contributed by atoms with E-state index in [1.807, 2.05) is 30.3 Å². The molecule has 2 heterocycles. The summed E-state index contributed by atoms with van der Waals surface area (Å²) >= 11 is 2.25. The van der Waals surface area contributed by atoms with Crippen LogP contribution in [0.1, 0.15) is 32.5 Å². The number of hydrogen-bond donors (Lipinski definition) is 2. The number of ether oxygens (including phenoxy) is 1. The summed E-state index contributed by atoms with van der Waals surface area (Å²) in [6.07, 6.45) is 1.58. The topological polar surface area (TPSA) is 115 Å². The van der Waals surface area contributed by atoms with Crippen LogP contribution in [0.15, 0.2) is 41.8 Å². The number of thioether (sulfide) groups is 1. The highest BCUT2D eigenvalue weighted by molar-refractivity contribution is 7.99. The fourth-order valence-electron chi connectivity index (χ4n) is 2.76. The summed E-state index contributed by atoms with van der Waals surface area (Å²) in [7, 11) is 1.50. The monoisotopic (exact) mass is 459 g/mol. The molecule has 3 aromatic rings. The van der Waals surface area contributed by atoms with E-state index in [1.165, 1.54) is 18.8 Å². The second kappa shape index (κ2) is 10.2. The lowest BCUT2D eigenvalue weighted by Crippen LogP contribution is -2.18. The second-order valence-corrected chi connectivity index (χ2v) is 8.18. The minimum atomic E-state index is -0.585. The molecule has 31 heavy (non-hydrogen) atoms. The van der Waals surface area contributed by atoms with E-state index in [1.54, 1.807) is 24.7 Å². The lowest BCUT2D eigenvalue weighted by atomic mass is 10.1. The normalized spacial score (nSPS) is 10.5. The van der Waals surface area contributed by atoms with Gasteiger partial charge in [0.1, 0.15) is 11.3 Å². The van der Waals surface area contributed by atoms with E-state index in [0.29, 0.717) is 15.6 Å². The average molecular weight is 460 g/mol. The van der Waals surface area contributed by atoms with Gasteiger partial charge in [-0.2, -0.15) is 0 Å². The van der Waals surface area contributed by atoms with Crippen molar-refractivity contribution < 1.29 is 19.1 Å². The van der Waals surface area contributed by atoms with Gasteiger partial charge in [0.25, 0.3) is 5.91 Å². The van der Waals surface area contributed by atoms with Gasteiger partial charge < -0.3 is 15.4 Å². The first-order valence-corrected chi connectivity index (χ1v) is 11.2. The van der Waals surface area contributed by atoms with Crippen LogP contribution in [0.5, 0.6) is 0 Å². The predicted molar refractivity (Wildman–Crippen MR) is 119 cm³/mol. The van der Waals surface area contributed by atoms with Gasteiger partial charge in [-0.3, -0.25) is 14.2 Å². The largest absolute Gasteiger partial charge is 0.462 e. The third-order valence-electron chi connectivity index (χ3n) is 4.20. The molecule has 0 aliphatic carbocycles. The zero-order chi connectivity index (χ0) is 22.4. The number of nitrogens with one attached hydrogen (secondary N) is 2. The number of para-hydroxylation sites is 1. The molecule has 0 spiro atoms. The van der Waals surface area contributed by atoms with Gasteiger partial charge in [-0.15, -0.1) is 21.5 Å². The highest BCUT2D eigenvalue weighted by Crippen LogP contribution is 2.34. The van der Waals surface area contributed by atoms with E-state index in [2.05, 4.69) is 20.8 Å². The van der Waals surface area contributed by atoms with E-state index in [9.17, 15) is 14.4 Å². The number of hydrogen-bond acceptors (Lipinski definition) is 8. The molecule has 0 bridgehead atoms. The smallest absolute Gasteiger partial charge is 0.341 e. The number of rotatable bonds is 8. The lowest BCUT2D eigenvalue weighted by molar-refractivity contribution is -0.113. The van der Waals surface area contributed by atoms with Crippen LogP contribution in [0.4, 0.5) is 5.00 Å². The van der Waals surface area contributed by atoms with Gasteiger partial charge in [-0.05, 0) is 31.5 Å². The molecule has 0 radical (unpaired) electrons. The van der Waals surface area contributed by atoms with Crippen LogP contribution in [-0.4, -0.2) is 52.0 Å². The number of nitrogens with zero attached hydrogens (tertiary/aromatic N) is 3.